The zero-order chi connectivity index (χ0) is 35.9. The number of hydrogen-bond acceptors (Lipinski definition) is 3. The zero-order valence-electron chi connectivity index (χ0n) is 30.0. The molecule has 0 bridgehead atoms. The molecule has 0 amide bonds. The minimum atomic E-state index is -0.196. The van der Waals surface area contributed by atoms with E-state index in [0.29, 0.717) is 17.5 Å². The SMILES string of the molecule is Cc1cc2c3ccccc3n(-c3ccccc3-c3ccccc3-c3nc(-c4ccccc4)nc(-c4ccccc4)n3)c2cc1C(C)(C)c1ccccc1. The van der Waals surface area contributed by atoms with Gasteiger partial charge in [-0.25, -0.2) is 15.0 Å². The van der Waals surface area contributed by atoms with Crippen LogP contribution in [0.2, 0.25) is 0 Å². The molecule has 2 heterocycles. The fourth-order valence-electron chi connectivity index (χ4n) is 7.80. The molecule has 4 nitrogen and oxygen atoms in total. The summed E-state index contributed by atoms with van der Waals surface area (Å²) < 4.78 is 2.44. The Labute approximate surface area is 310 Å². The van der Waals surface area contributed by atoms with Crippen molar-refractivity contribution < 1.29 is 0 Å². The first-order valence-corrected chi connectivity index (χ1v) is 18.1. The summed E-state index contributed by atoms with van der Waals surface area (Å²) in [5.41, 5.74) is 12.1. The van der Waals surface area contributed by atoms with Crippen LogP contribution in [0.25, 0.3) is 72.8 Å². The molecule has 0 N–H and O–H groups in total. The molecular formula is C49H38N4. The van der Waals surface area contributed by atoms with E-state index in [4.69, 9.17) is 15.0 Å². The first kappa shape index (κ1) is 32.3. The van der Waals surface area contributed by atoms with Gasteiger partial charge in [0.2, 0.25) is 0 Å². The van der Waals surface area contributed by atoms with E-state index in [1.54, 1.807) is 0 Å². The molecule has 4 heteroatoms. The van der Waals surface area contributed by atoms with Gasteiger partial charge < -0.3 is 4.57 Å². The van der Waals surface area contributed by atoms with Crippen LogP contribution < -0.4 is 0 Å². The molecule has 254 valence electrons. The number of hydrogen-bond donors (Lipinski definition) is 0. The highest BCUT2D eigenvalue weighted by Gasteiger charge is 2.27. The third kappa shape index (κ3) is 5.69. The maximum Gasteiger partial charge on any atom is 0.164 e. The minimum Gasteiger partial charge on any atom is -0.309 e. The monoisotopic (exact) mass is 682 g/mol. The van der Waals surface area contributed by atoms with Crippen LogP contribution in [0.15, 0.2) is 176 Å². The molecular weight excluding hydrogens is 645 g/mol. The van der Waals surface area contributed by atoms with Gasteiger partial charge >= 0.3 is 0 Å². The molecule has 0 atom stereocenters. The molecule has 0 radical (unpaired) electrons. The Kier molecular flexibility index (Phi) is 8.01. The van der Waals surface area contributed by atoms with Crippen molar-refractivity contribution >= 4 is 21.8 Å². The summed E-state index contributed by atoms with van der Waals surface area (Å²) in [6, 6.07) is 61.9. The summed E-state index contributed by atoms with van der Waals surface area (Å²) in [6.45, 7) is 6.91. The highest BCUT2D eigenvalue weighted by molar-refractivity contribution is 6.10. The lowest BCUT2D eigenvalue weighted by molar-refractivity contribution is 0.637. The van der Waals surface area contributed by atoms with Crippen LogP contribution in [0.1, 0.15) is 30.5 Å². The molecule has 9 rings (SSSR count). The summed E-state index contributed by atoms with van der Waals surface area (Å²) >= 11 is 0. The van der Waals surface area contributed by atoms with E-state index in [1.165, 1.54) is 38.5 Å². The summed E-state index contributed by atoms with van der Waals surface area (Å²) in [6.07, 6.45) is 0. The molecule has 0 unspecified atom stereocenters. The van der Waals surface area contributed by atoms with Gasteiger partial charge in [-0.1, -0.05) is 166 Å². The first-order chi connectivity index (χ1) is 26.0. The van der Waals surface area contributed by atoms with E-state index in [1.807, 2.05) is 60.7 Å². The van der Waals surface area contributed by atoms with Crippen LogP contribution in [0, 0.1) is 6.92 Å². The first-order valence-electron chi connectivity index (χ1n) is 18.1. The van der Waals surface area contributed by atoms with Crippen LogP contribution in [0.5, 0.6) is 0 Å². The van der Waals surface area contributed by atoms with Crippen molar-refractivity contribution in [1.82, 2.24) is 19.5 Å². The Bertz CT molecular complexity index is 2690. The van der Waals surface area contributed by atoms with E-state index in [9.17, 15) is 0 Å². The fourth-order valence-corrected chi connectivity index (χ4v) is 7.80. The smallest absolute Gasteiger partial charge is 0.164 e. The number of rotatable bonds is 7. The Morgan fingerprint density at radius 3 is 1.60 bits per heavy atom. The van der Waals surface area contributed by atoms with Crippen LogP contribution in [0.4, 0.5) is 0 Å². The second-order valence-electron chi connectivity index (χ2n) is 14.1. The predicted molar refractivity (Wildman–Crippen MR) is 219 cm³/mol. The van der Waals surface area contributed by atoms with Crippen LogP contribution in [0.3, 0.4) is 0 Å². The Morgan fingerprint density at radius 2 is 0.943 bits per heavy atom. The van der Waals surface area contributed by atoms with E-state index in [2.05, 4.69) is 141 Å². The summed E-state index contributed by atoms with van der Waals surface area (Å²) in [5, 5.41) is 2.47. The average molecular weight is 683 g/mol. The maximum atomic E-state index is 5.13. The molecule has 0 aliphatic rings. The molecule has 0 spiro atoms. The number of para-hydroxylation sites is 2. The zero-order valence-corrected chi connectivity index (χ0v) is 30.0. The number of aryl methyl sites for hydroxylation is 1. The number of benzene rings is 7. The fraction of sp³-hybridized carbons (Fsp3) is 0.0816. The van der Waals surface area contributed by atoms with Gasteiger partial charge in [-0.15, -0.1) is 0 Å². The Balaban J connectivity index is 1.28. The molecule has 0 aliphatic carbocycles. The van der Waals surface area contributed by atoms with E-state index < -0.39 is 0 Å². The van der Waals surface area contributed by atoms with E-state index in [-0.39, 0.29) is 5.41 Å². The van der Waals surface area contributed by atoms with E-state index >= 15 is 0 Å². The lowest BCUT2D eigenvalue weighted by Gasteiger charge is -2.28. The van der Waals surface area contributed by atoms with Crippen molar-refractivity contribution in [3.05, 3.63) is 193 Å². The van der Waals surface area contributed by atoms with Gasteiger partial charge in [-0.05, 0) is 53.4 Å². The van der Waals surface area contributed by atoms with Gasteiger partial charge in [-0.3, -0.25) is 0 Å². The van der Waals surface area contributed by atoms with Crippen molar-refractivity contribution in [1.29, 1.82) is 0 Å². The molecule has 2 aromatic heterocycles. The van der Waals surface area contributed by atoms with Gasteiger partial charge in [0.25, 0.3) is 0 Å². The van der Waals surface area contributed by atoms with Crippen molar-refractivity contribution in [3.63, 3.8) is 0 Å². The molecule has 0 saturated heterocycles. The number of fused-ring (bicyclic) bond motifs is 3. The van der Waals surface area contributed by atoms with Gasteiger partial charge in [0, 0.05) is 38.4 Å². The number of aromatic nitrogens is 4. The van der Waals surface area contributed by atoms with Crippen molar-refractivity contribution in [3.8, 4) is 51.0 Å². The lowest BCUT2D eigenvalue weighted by Crippen LogP contribution is -2.20. The molecule has 9 aromatic rings. The minimum absolute atomic E-state index is 0.196. The predicted octanol–water partition coefficient (Wildman–Crippen LogP) is 12.3. The normalized spacial score (nSPS) is 11.7. The highest BCUT2D eigenvalue weighted by atomic mass is 15.0. The second-order valence-corrected chi connectivity index (χ2v) is 14.1. The molecule has 7 aromatic carbocycles. The highest BCUT2D eigenvalue weighted by Crippen LogP contribution is 2.42. The maximum absolute atomic E-state index is 5.13. The Hall–Kier alpha value is -6.65. The third-order valence-corrected chi connectivity index (χ3v) is 10.5. The second kappa shape index (κ2) is 13.2. The van der Waals surface area contributed by atoms with Gasteiger partial charge in [-0.2, -0.15) is 0 Å². The molecule has 0 saturated carbocycles. The van der Waals surface area contributed by atoms with Crippen LogP contribution in [-0.2, 0) is 5.41 Å². The molecule has 0 fully saturated rings. The quantitative estimate of drug-likeness (QED) is 0.168. The standard InChI is InChI=1S/C49H38N4/c1-33-31-41-39-27-16-18-30-44(39)53(45(41)32-42(33)49(2,3)36-23-11-6-12-24-36)43-29-17-15-26-38(43)37-25-13-14-28-40(37)48-51-46(34-19-7-4-8-20-34)50-47(52-48)35-21-9-5-10-22-35/h4-32H,1-3H3. The summed E-state index contributed by atoms with van der Waals surface area (Å²) in [4.78, 5) is 15.2. The molecule has 0 aliphatic heterocycles. The van der Waals surface area contributed by atoms with Crippen molar-refractivity contribution in [2.45, 2.75) is 26.2 Å². The van der Waals surface area contributed by atoms with Crippen molar-refractivity contribution in [2.75, 3.05) is 0 Å². The summed E-state index contributed by atoms with van der Waals surface area (Å²) in [7, 11) is 0. The van der Waals surface area contributed by atoms with Crippen LogP contribution >= 0.6 is 0 Å². The largest absolute Gasteiger partial charge is 0.309 e. The average Bonchev–Trinajstić information content (AvgIpc) is 3.54. The van der Waals surface area contributed by atoms with Gasteiger partial charge in [0.15, 0.2) is 17.5 Å². The topological polar surface area (TPSA) is 43.6 Å². The van der Waals surface area contributed by atoms with Gasteiger partial charge in [0.05, 0.1) is 16.7 Å². The third-order valence-electron chi connectivity index (χ3n) is 10.5. The van der Waals surface area contributed by atoms with Crippen LogP contribution in [-0.4, -0.2) is 19.5 Å². The van der Waals surface area contributed by atoms with Crippen molar-refractivity contribution in [2.24, 2.45) is 0 Å². The van der Waals surface area contributed by atoms with E-state index in [0.717, 1.165) is 33.5 Å². The van der Waals surface area contributed by atoms with Gasteiger partial charge in [0.1, 0.15) is 0 Å². The lowest BCUT2D eigenvalue weighted by atomic mass is 9.76. The molecule has 53 heavy (non-hydrogen) atoms. The number of nitrogens with zero attached hydrogens (tertiary/aromatic N) is 4. The Morgan fingerprint density at radius 1 is 0.434 bits per heavy atom. The summed E-state index contributed by atoms with van der Waals surface area (Å²) in [5.74, 6) is 1.92.